The van der Waals surface area contributed by atoms with E-state index in [-0.39, 0.29) is 5.95 Å². The number of anilines is 1. The average molecular weight is 345 g/mol. The summed E-state index contributed by atoms with van der Waals surface area (Å²) in [7, 11) is 0. The second-order valence-electron chi connectivity index (χ2n) is 5.87. The molecule has 0 aliphatic heterocycles. The van der Waals surface area contributed by atoms with Gasteiger partial charge >= 0.3 is 0 Å². The van der Waals surface area contributed by atoms with Crippen molar-refractivity contribution >= 4 is 11.6 Å². The van der Waals surface area contributed by atoms with E-state index in [2.05, 4.69) is 26.9 Å². The fourth-order valence-electron chi connectivity index (χ4n) is 2.51. The third kappa shape index (κ3) is 2.90. The van der Waals surface area contributed by atoms with Gasteiger partial charge in [-0.15, -0.1) is 5.10 Å². The van der Waals surface area contributed by atoms with Gasteiger partial charge in [0.25, 0.3) is 0 Å². The number of fused-ring (bicyclic) bond motifs is 1. The molecule has 3 aromatic heterocycles. The number of benzene rings is 1. The zero-order chi connectivity index (χ0) is 18.1. The van der Waals surface area contributed by atoms with Gasteiger partial charge in [-0.1, -0.05) is 36.3 Å². The Morgan fingerprint density at radius 1 is 1.15 bits per heavy atom. The number of nitrogens with zero attached hydrogens (tertiary/aromatic N) is 4. The highest BCUT2D eigenvalue weighted by molar-refractivity contribution is 5.56. The molecule has 4 aromatic rings. The van der Waals surface area contributed by atoms with Crippen LogP contribution in [-0.2, 0) is 5.60 Å². The maximum absolute atomic E-state index is 10.6. The van der Waals surface area contributed by atoms with Gasteiger partial charge in [0.1, 0.15) is 11.3 Å². The Morgan fingerprint density at radius 3 is 2.69 bits per heavy atom. The summed E-state index contributed by atoms with van der Waals surface area (Å²) in [5.74, 6) is 6.79. The van der Waals surface area contributed by atoms with E-state index in [1.807, 2.05) is 30.3 Å². The smallest absolute Gasteiger partial charge is 0.224 e. The molecule has 0 radical (unpaired) electrons. The first-order valence-electron chi connectivity index (χ1n) is 7.91. The van der Waals surface area contributed by atoms with Gasteiger partial charge < -0.3 is 15.3 Å². The molecule has 128 valence electrons. The van der Waals surface area contributed by atoms with Crippen molar-refractivity contribution in [2.75, 3.05) is 5.73 Å². The van der Waals surface area contributed by atoms with Crippen LogP contribution in [0.2, 0.25) is 0 Å². The van der Waals surface area contributed by atoms with Crippen molar-refractivity contribution in [2.45, 2.75) is 12.5 Å². The van der Waals surface area contributed by atoms with E-state index in [1.54, 1.807) is 31.4 Å². The fraction of sp³-hybridized carbons (Fsp3) is 0.105. The highest BCUT2D eigenvalue weighted by Gasteiger charge is 2.19. The van der Waals surface area contributed by atoms with Crippen molar-refractivity contribution in [1.29, 1.82) is 0 Å². The Labute approximate surface area is 149 Å². The normalized spacial score (nSPS) is 13.2. The first-order valence-corrected chi connectivity index (χ1v) is 7.91. The molecule has 0 aliphatic rings. The van der Waals surface area contributed by atoms with Crippen molar-refractivity contribution in [1.82, 2.24) is 19.6 Å². The molecular weight excluding hydrogens is 330 g/mol. The van der Waals surface area contributed by atoms with Gasteiger partial charge in [0.2, 0.25) is 11.8 Å². The van der Waals surface area contributed by atoms with Gasteiger partial charge in [0.15, 0.2) is 11.4 Å². The van der Waals surface area contributed by atoms with E-state index in [1.165, 1.54) is 4.52 Å². The summed E-state index contributed by atoms with van der Waals surface area (Å²) >= 11 is 0. The molecule has 26 heavy (non-hydrogen) atoms. The molecule has 1 atom stereocenters. The molecule has 7 nitrogen and oxygen atoms in total. The lowest BCUT2D eigenvalue weighted by Gasteiger charge is -2.16. The van der Waals surface area contributed by atoms with Crippen molar-refractivity contribution in [3.8, 4) is 23.4 Å². The van der Waals surface area contributed by atoms with Gasteiger partial charge in [0, 0.05) is 6.07 Å². The van der Waals surface area contributed by atoms with Crippen LogP contribution in [0, 0.1) is 11.8 Å². The van der Waals surface area contributed by atoms with Crippen LogP contribution in [0.25, 0.3) is 17.2 Å². The Morgan fingerprint density at radius 2 is 1.96 bits per heavy atom. The number of aromatic nitrogens is 4. The van der Waals surface area contributed by atoms with Crippen LogP contribution >= 0.6 is 0 Å². The zero-order valence-electron chi connectivity index (χ0n) is 13.9. The number of nitrogens with two attached hydrogens (primary N) is 1. The van der Waals surface area contributed by atoms with Crippen LogP contribution < -0.4 is 5.73 Å². The third-order valence-corrected chi connectivity index (χ3v) is 3.86. The highest BCUT2D eigenvalue weighted by Crippen LogP contribution is 2.20. The largest absolute Gasteiger partial charge is 0.461 e. The molecule has 1 aromatic carbocycles. The summed E-state index contributed by atoms with van der Waals surface area (Å²) in [5, 5.41) is 14.9. The van der Waals surface area contributed by atoms with E-state index < -0.39 is 5.60 Å². The number of rotatable bonds is 2. The topological polar surface area (TPSA) is 102 Å². The summed E-state index contributed by atoms with van der Waals surface area (Å²) in [6.45, 7) is 1.63. The van der Waals surface area contributed by atoms with Crippen LogP contribution in [0.3, 0.4) is 0 Å². The minimum Gasteiger partial charge on any atom is -0.461 e. The maximum atomic E-state index is 10.6. The van der Waals surface area contributed by atoms with Gasteiger partial charge in [-0.2, -0.15) is 4.52 Å². The fourth-order valence-corrected chi connectivity index (χ4v) is 2.51. The molecule has 1 unspecified atom stereocenters. The molecule has 7 heteroatoms. The van der Waals surface area contributed by atoms with E-state index in [9.17, 15) is 5.11 Å². The predicted molar refractivity (Wildman–Crippen MR) is 95.8 cm³/mol. The highest BCUT2D eigenvalue weighted by atomic mass is 16.3. The molecule has 0 saturated heterocycles. The molecular formula is C19H15N5O2. The Kier molecular flexibility index (Phi) is 3.68. The van der Waals surface area contributed by atoms with Gasteiger partial charge in [0.05, 0.1) is 6.26 Å². The number of furan rings is 1. The Hall–Kier alpha value is -3.63. The molecule has 0 saturated carbocycles. The Bertz CT molecular complexity index is 1120. The zero-order valence-corrected chi connectivity index (χ0v) is 13.9. The third-order valence-electron chi connectivity index (χ3n) is 3.86. The average Bonchev–Trinajstić information content (AvgIpc) is 3.30. The molecule has 4 rings (SSSR count). The van der Waals surface area contributed by atoms with E-state index in [4.69, 9.17) is 10.2 Å². The number of hydrogen-bond donors (Lipinski definition) is 2. The minimum absolute atomic E-state index is 0.150. The number of aliphatic hydroxyl groups is 1. The Balaban J connectivity index is 1.72. The second-order valence-corrected chi connectivity index (χ2v) is 5.87. The molecule has 3 N–H and O–H groups in total. The van der Waals surface area contributed by atoms with E-state index in [0.29, 0.717) is 28.5 Å². The minimum atomic E-state index is -1.31. The predicted octanol–water partition coefficient (Wildman–Crippen LogP) is 2.23. The molecule has 0 aliphatic carbocycles. The van der Waals surface area contributed by atoms with Gasteiger partial charge in [-0.3, -0.25) is 0 Å². The van der Waals surface area contributed by atoms with E-state index >= 15 is 0 Å². The first kappa shape index (κ1) is 15.9. The first-order chi connectivity index (χ1) is 12.5. The molecule has 0 spiro atoms. The molecule has 0 fully saturated rings. The summed E-state index contributed by atoms with van der Waals surface area (Å²) in [5.41, 5.74) is 6.24. The quantitative estimate of drug-likeness (QED) is 0.540. The molecule has 0 amide bonds. The second kappa shape index (κ2) is 6.02. The van der Waals surface area contributed by atoms with Crippen molar-refractivity contribution < 1.29 is 9.52 Å². The van der Waals surface area contributed by atoms with E-state index in [0.717, 1.165) is 0 Å². The summed E-state index contributed by atoms with van der Waals surface area (Å²) in [6, 6.07) is 14.4. The summed E-state index contributed by atoms with van der Waals surface area (Å²) < 4.78 is 6.71. The SMILES string of the molecule is CC(O)(C#Cc1cc2nc(-c3ccco3)nn2c(N)n1)c1ccccc1. The number of hydrogen-bond acceptors (Lipinski definition) is 6. The van der Waals surface area contributed by atoms with Crippen LogP contribution in [0.5, 0.6) is 0 Å². The van der Waals surface area contributed by atoms with Gasteiger partial charge in [-0.25, -0.2) is 9.97 Å². The van der Waals surface area contributed by atoms with Crippen LogP contribution in [-0.4, -0.2) is 24.7 Å². The van der Waals surface area contributed by atoms with Crippen molar-refractivity contribution in [2.24, 2.45) is 0 Å². The lowest BCUT2D eigenvalue weighted by molar-refractivity contribution is 0.122. The van der Waals surface area contributed by atoms with Crippen LogP contribution in [0.15, 0.2) is 59.2 Å². The molecule has 3 heterocycles. The lowest BCUT2D eigenvalue weighted by atomic mass is 9.97. The van der Waals surface area contributed by atoms with Crippen LogP contribution in [0.4, 0.5) is 5.95 Å². The lowest BCUT2D eigenvalue weighted by Crippen LogP contribution is -2.18. The summed E-state index contributed by atoms with van der Waals surface area (Å²) in [6.07, 6.45) is 1.55. The number of nitrogen functional groups attached to an aromatic ring is 1. The summed E-state index contributed by atoms with van der Waals surface area (Å²) in [4.78, 5) is 8.60. The van der Waals surface area contributed by atoms with Crippen molar-refractivity contribution in [3.05, 3.63) is 66.1 Å². The van der Waals surface area contributed by atoms with Gasteiger partial charge in [-0.05, 0) is 30.5 Å². The van der Waals surface area contributed by atoms with Crippen molar-refractivity contribution in [3.63, 3.8) is 0 Å². The monoisotopic (exact) mass is 345 g/mol. The maximum Gasteiger partial charge on any atom is 0.224 e. The standard InChI is InChI=1S/C19H15N5O2/c1-19(25,13-6-3-2-4-7-13)10-9-14-12-16-22-17(15-8-5-11-26-15)23-24(16)18(20)21-14/h2-8,11-12,25H,1H3,(H2,20,21). The molecule has 0 bridgehead atoms. The van der Waals surface area contributed by atoms with Crippen LogP contribution in [0.1, 0.15) is 18.2 Å².